The number of aromatic nitrogens is 3. The summed E-state index contributed by atoms with van der Waals surface area (Å²) in [5.41, 5.74) is 6.67. The molecular formula is C7H8N4S2. The largest absolute Gasteiger partial charge is 0.383 e. The van der Waals surface area contributed by atoms with E-state index < -0.39 is 0 Å². The van der Waals surface area contributed by atoms with Gasteiger partial charge in [0.05, 0.1) is 11.1 Å². The Morgan fingerprint density at radius 3 is 3.00 bits per heavy atom. The number of nitrogens with zero attached hydrogens (tertiary/aromatic N) is 2. The van der Waals surface area contributed by atoms with Crippen molar-refractivity contribution in [1.82, 2.24) is 15.2 Å². The van der Waals surface area contributed by atoms with E-state index in [0.717, 1.165) is 14.9 Å². The van der Waals surface area contributed by atoms with Crippen molar-refractivity contribution in [3.63, 3.8) is 0 Å². The van der Waals surface area contributed by atoms with Crippen molar-refractivity contribution < 1.29 is 0 Å². The molecule has 3 N–H and O–H groups in total. The van der Waals surface area contributed by atoms with Gasteiger partial charge in [-0.1, -0.05) is 11.8 Å². The van der Waals surface area contributed by atoms with E-state index in [9.17, 15) is 0 Å². The zero-order valence-electron chi connectivity index (χ0n) is 6.94. The number of hydrogen-bond acceptors (Lipinski definition) is 5. The minimum Gasteiger partial charge on any atom is -0.383 e. The van der Waals surface area contributed by atoms with Crippen LogP contribution in [0.4, 0.5) is 5.82 Å². The Morgan fingerprint density at radius 1 is 1.62 bits per heavy atom. The maximum Gasteiger partial charge on any atom is 0.155 e. The lowest BCUT2D eigenvalue weighted by molar-refractivity contribution is 1.10. The summed E-state index contributed by atoms with van der Waals surface area (Å²) in [6.45, 7) is 1.97. The van der Waals surface area contributed by atoms with Gasteiger partial charge in [-0.25, -0.2) is 4.98 Å². The summed E-state index contributed by atoms with van der Waals surface area (Å²) < 4.78 is 0.991. The Morgan fingerprint density at radius 2 is 2.46 bits per heavy atom. The second kappa shape index (κ2) is 3.39. The Kier molecular flexibility index (Phi) is 2.24. The molecular weight excluding hydrogens is 204 g/mol. The Bertz CT molecular complexity index is 406. The van der Waals surface area contributed by atoms with Crippen molar-refractivity contribution in [2.75, 3.05) is 5.73 Å². The number of aryl methyl sites for hydroxylation is 1. The molecule has 0 spiro atoms. The number of rotatable bonds is 2. The molecule has 0 fully saturated rings. The summed E-state index contributed by atoms with van der Waals surface area (Å²) in [4.78, 5) is 5.24. The average Bonchev–Trinajstić information content (AvgIpc) is 2.64. The van der Waals surface area contributed by atoms with Crippen LogP contribution in [0, 0.1) is 6.92 Å². The van der Waals surface area contributed by atoms with Crippen LogP contribution in [-0.4, -0.2) is 15.2 Å². The highest BCUT2D eigenvalue weighted by molar-refractivity contribution is 8.01. The van der Waals surface area contributed by atoms with Crippen LogP contribution >= 0.6 is 23.1 Å². The van der Waals surface area contributed by atoms with Gasteiger partial charge in [0.15, 0.2) is 4.34 Å². The number of thiazole rings is 1. The predicted octanol–water partition coefficient (Wildman–Crippen LogP) is 1.91. The molecule has 68 valence electrons. The molecule has 4 nitrogen and oxygen atoms in total. The molecule has 0 bridgehead atoms. The van der Waals surface area contributed by atoms with Crippen LogP contribution in [0.25, 0.3) is 0 Å². The van der Waals surface area contributed by atoms with Crippen LogP contribution in [0.1, 0.15) is 5.69 Å². The molecule has 2 rings (SSSR count). The molecule has 0 amide bonds. The van der Waals surface area contributed by atoms with Crippen molar-refractivity contribution >= 4 is 28.9 Å². The summed E-state index contributed by atoms with van der Waals surface area (Å²) in [5, 5.41) is 8.52. The topological polar surface area (TPSA) is 67.6 Å². The van der Waals surface area contributed by atoms with E-state index in [1.807, 2.05) is 12.3 Å². The zero-order valence-corrected chi connectivity index (χ0v) is 8.58. The molecule has 0 aliphatic rings. The van der Waals surface area contributed by atoms with E-state index in [2.05, 4.69) is 15.2 Å². The number of aromatic amines is 1. The van der Waals surface area contributed by atoms with Crippen LogP contribution < -0.4 is 5.73 Å². The lowest BCUT2D eigenvalue weighted by Crippen LogP contribution is -1.85. The first kappa shape index (κ1) is 8.58. The van der Waals surface area contributed by atoms with Gasteiger partial charge in [0, 0.05) is 11.1 Å². The Hall–Kier alpha value is -1.01. The zero-order chi connectivity index (χ0) is 9.26. The minimum absolute atomic E-state index is 0.595. The maximum absolute atomic E-state index is 5.63. The highest BCUT2D eigenvalue weighted by atomic mass is 32.2. The van der Waals surface area contributed by atoms with Gasteiger partial charge in [0.1, 0.15) is 5.82 Å². The molecule has 2 aromatic heterocycles. The second-order valence-corrected chi connectivity index (χ2v) is 4.65. The predicted molar refractivity (Wildman–Crippen MR) is 54.0 cm³/mol. The molecule has 0 atom stereocenters. The molecule has 2 heterocycles. The molecule has 2 aromatic rings. The molecule has 0 aliphatic carbocycles. The number of nitrogens with two attached hydrogens (primary N) is 1. The number of nitrogen functional groups attached to an aromatic ring is 1. The summed E-state index contributed by atoms with van der Waals surface area (Å²) in [7, 11) is 0. The van der Waals surface area contributed by atoms with Gasteiger partial charge in [-0.15, -0.1) is 11.3 Å². The van der Waals surface area contributed by atoms with Crippen LogP contribution in [0.5, 0.6) is 0 Å². The quantitative estimate of drug-likeness (QED) is 0.798. The first-order valence-corrected chi connectivity index (χ1v) is 5.34. The normalized spacial score (nSPS) is 10.5. The number of hydrogen-bond donors (Lipinski definition) is 2. The lowest BCUT2D eigenvalue weighted by atomic mass is 10.6. The SMILES string of the molecule is Cc1csc(Sc2cn[nH]c2N)n1. The van der Waals surface area contributed by atoms with Crippen molar-refractivity contribution in [2.24, 2.45) is 0 Å². The van der Waals surface area contributed by atoms with E-state index in [0.29, 0.717) is 5.82 Å². The lowest BCUT2D eigenvalue weighted by Gasteiger charge is -1.92. The smallest absolute Gasteiger partial charge is 0.155 e. The number of nitrogens with one attached hydrogen (secondary N) is 1. The third kappa shape index (κ3) is 1.84. The Balaban J connectivity index is 2.19. The Labute approximate surface area is 83.6 Å². The fourth-order valence-electron chi connectivity index (χ4n) is 0.840. The van der Waals surface area contributed by atoms with Gasteiger partial charge >= 0.3 is 0 Å². The molecule has 0 aromatic carbocycles. The second-order valence-electron chi connectivity index (χ2n) is 2.50. The van der Waals surface area contributed by atoms with Crippen molar-refractivity contribution in [2.45, 2.75) is 16.2 Å². The first-order chi connectivity index (χ1) is 6.25. The van der Waals surface area contributed by atoms with Gasteiger partial charge in [-0.05, 0) is 6.92 Å². The van der Waals surface area contributed by atoms with E-state index >= 15 is 0 Å². The summed E-state index contributed by atoms with van der Waals surface area (Å²) in [6, 6.07) is 0. The van der Waals surface area contributed by atoms with Crippen molar-refractivity contribution in [3.8, 4) is 0 Å². The maximum atomic E-state index is 5.63. The van der Waals surface area contributed by atoms with E-state index in [1.165, 1.54) is 11.8 Å². The highest BCUT2D eigenvalue weighted by Crippen LogP contribution is 2.32. The molecule has 13 heavy (non-hydrogen) atoms. The molecule has 0 radical (unpaired) electrons. The molecule has 0 saturated carbocycles. The molecule has 0 unspecified atom stereocenters. The standard InChI is InChI=1S/C7H8N4S2/c1-4-3-12-7(10-4)13-5-2-9-11-6(5)8/h2-3H,1H3,(H3,8,9,11). The number of anilines is 1. The van der Waals surface area contributed by atoms with Gasteiger partial charge in [-0.2, -0.15) is 5.10 Å². The summed E-state index contributed by atoms with van der Waals surface area (Å²) in [5.74, 6) is 0.595. The van der Waals surface area contributed by atoms with Gasteiger partial charge < -0.3 is 5.73 Å². The van der Waals surface area contributed by atoms with Gasteiger partial charge in [0.2, 0.25) is 0 Å². The monoisotopic (exact) mass is 212 g/mol. The summed E-state index contributed by atoms with van der Waals surface area (Å²) >= 11 is 3.14. The van der Waals surface area contributed by atoms with Crippen molar-refractivity contribution in [1.29, 1.82) is 0 Å². The fraction of sp³-hybridized carbons (Fsp3) is 0.143. The van der Waals surface area contributed by atoms with Crippen LogP contribution in [-0.2, 0) is 0 Å². The van der Waals surface area contributed by atoms with Crippen molar-refractivity contribution in [3.05, 3.63) is 17.3 Å². The molecule has 6 heteroatoms. The van der Waals surface area contributed by atoms with E-state index in [-0.39, 0.29) is 0 Å². The molecule has 0 aliphatic heterocycles. The van der Waals surface area contributed by atoms with Gasteiger partial charge in [0.25, 0.3) is 0 Å². The van der Waals surface area contributed by atoms with Crippen LogP contribution in [0.15, 0.2) is 20.8 Å². The van der Waals surface area contributed by atoms with Gasteiger partial charge in [-0.3, -0.25) is 5.10 Å². The van der Waals surface area contributed by atoms with E-state index in [4.69, 9.17) is 5.73 Å². The summed E-state index contributed by atoms with van der Waals surface area (Å²) in [6.07, 6.45) is 1.71. The highest BCUT2D eigenvalue weighted by Gasteiger charge is 2.05. The van der Waals surface area contributed by atoms with Crippen LogP contribution in [0.3, 0.4) is 0 Å². The molecule has 0 saturated heterocycles. The first-order valence-electron chi connectivity index (χ1n) is 3.64. The average molecular weight is 212 g/mol. The number of H-pyrrole nitrogens is 1. The minimum atomic E-state index is 0.595. The fourth-order valence-corrected chi connectivity index (χ4v) is 2.61. The van der Waals surface area contributed by atoms with E-state index in [1.54, 1.807) is 17.5 Å². The third-order valence-electron chi connectivity index (χ3n) is 1.43. The third-order valence-corrected chi connectivity index (χ3v) is 3.53. The van der Waals surface area contributed by atoms with Crippen LogP contribution in [0.2, 0.25) is 0 Å².